The molecule has 2 amide bonds. The zero-order valence-electron chi connectivity index (χ0n) is 10.9. The highest BCUT2D eigenvalue weighted by atomic mass is 19.1. The van der Waals surface area contributed by atoms with E-state index in [4.69, 9.17) is 5.11 Å². The molecule has 0 aliphatic carbocycles. The van der Waals surface area contributed by atoms with Crippen LogP contribution in [-0.4, -0.2) is 29.1 Å². The summed E-state index contributed by atoms with van der Waals surface area (Å²) in [6.07, 6.45) is 0. The van der Waals surface area contributed by atoms with Crippen molar-refractivity contribution in [3.8, 4) is 0 Å². The van der Waals surface area contributed by atoms with Crippen LogP contribution >= 0.6 is 0 Å². The van der Waals surface area contributed by atoms with Gasteiger partial charge in [-0.15, -0.1) is 0 Å². The van der Waals surface area contributed by atoms with Crippen LogP contribution in [0.15, 0.2) is 24.3 Å². The van der Waals surface area contributed by atoms with E-state index in [0.29, 0.717) is 5.56 Å². The van der Waals surface area contributed by atoms with Crippen LogP contribution < -0.4 is 10.6 Å². The summed E-state index contributed by atoms with van der Waals surface area (Å²) in [6.45, 7) is 3.05. The minimum absolute atomic E-state index is 0.131. The summed E-state index contributed by atoms with van der Waals surface area (Å²) >= 11 is 0. The third-order valence-corrected chi connectivity index (χ3v) is 2.42. The van der Waals surface area contributed by atoms with Gasteiger partial charge in [-0.3, -0.25) is 9.59 Å². The number of hydrogen-bond acceptors (Lipinski definition) is 3. The summed E-state index contributed by atoms with van der Waals surface area (Å²) < 4.78 is 12.7. The molecule has 1 rings (SSSR count). The van der Waals surface area contributed by atoms with Crippen molar-refractivity contribution in [1.82, 2.24) is 10.6 Å². The summed E-state index contributed by atoms with van der Waals surface area (Å²) in [5.41, 5.74) is -0.173. The number of halogens is 1. The second-order valence-electron chi connectivity index (χ2n) is 4.81. The Kier molecular flexibility index (Phi) is 5.00. The average Bonchev–Trinajstić information content (AvgIpc) is 2.37. The predicted molar refractivity (Wildman–Crippen MR) is 67.6 cm³/mol. The number of nitrogens with one attached hydrogen (secondary N) is 2. The standard InChI is InChI=1S/C13H17FN2O3/c1-13(2,8-17)16-12(19)11(18)15-7-9-3-5-10(14)6-4-9/h3-6,17H,7-8H2,1-2H3,(H,15,18)(H,16,19). The van der Waals surface area contributed by atoms with Gasteiger partial charge in [-0.25, -0.2) is 4.39 Å². The second kappa shape index (κ2) is 6.29. The maximum atomic E-state index is 12.7. The van der Waals surface area contributed by atoms with E-state index in [1.165, 1.54) is 24.3 Å². The number of hydrogen-bond donors (Lipinski definition) is 3. The SMILES string of the molecule is CC(C)(CO)NC(=O)C(=O)NCc1ccc(F)cc1. The fourth-order valence-corrected chi connectivity index (χ4v) is 1.27. The molecule has 0 fully saturated rings. The number of benzene rings is 1. The first-order valence-corrected chi connectivity index (χ1v) is 5.80. The van der Waals surface area contributed by atoms with Gasteiger partial charge in [0, 0.05) is 6.54 Å². The lowest BCUT2D eigenvalue weighted by Gasteiger charge is -2.22. The maximum absolute atomic E-state index is 12.7. The lowest BCUT2D eigenvalue weighted by atomic mass is 10.1. The number of carbonyl (C=O) groups is 2. The Balaban J connectivity index is 2.47. The minimum atomic E-state index is -0.857. The largest absolute Gasteiger partial charge is 0.394 e. The Labute approximate surface area is 110 Å². The molecule has 0 saturated carbocycles. The molecule has 104 valence electrons. The fraction of sp³-hybridized carbons (Fsp3) is 0.385. The van der Waals surface area contributed by atoms with Crippen LogP contribution in [-0.2, 0) is 16.1 Å². The molecular formula is C13H17FN2O3. The van der Waals surface area contributed by atoms with Crippen LogP contribution in [0.3, 0.4) is 0 Å². The molecule has 0 aliphatic rings. The first-order chi connectivity index (χ1) is 8.84. The summed E-state index contributed by atoms with van der Waals surface area (Å²) in [5.74, 6) is -1.98. The summed E-state index contributed by atoms with van der Waals surface area (Å²) in [5, 5.41) is 13.8. The van der Waals surface area contributed by atoms with Crippen molar-refractivity contribution in [2.24, 2.45) is 0 Å². The third kappa shape index (κ3) is 5.05. The Morgan fingerprint density at radius 1 is 1.21 bits per heavy atom. The van der Waals surface area contributed by atoms with Gasteiger partial charge in [0.15, 0.2) is 0 Å². The number of aliphatic hydroxyl groups is 1. The molecular weight excluding hydrogens is 251 g/mol. The van der Waals surface area contributed by atoms with E-state index in [9.17, 15) is 14.0 Å². The molecule has 0 spiro atoms. The van der Waals surface area contributed by atoms with E-state index in [1.54, 1.807) is 13.8 Å². The Morgan fingerprint density at radius 3 is 2.32 bits per heavy atom. The van der Waals surface area contributed by atoms with E-state index in [1.807, 2.05) is 0 Å². The molecule has 0 bridgehead atoms. The molecule has 5 nitrogen and oxygen atoms in total. The van der Waals surface area contributed by atoms with Gasteiger partial charge >= 0.3 is 11.8 Å². The van der Waals surface area contributed by atoms with E-state index in [-0.39, 0.29) is 19.0 Å². The highest BCUT2D eigenvalue weighted by molar-refractivity contribution is 6.35. The van der Waals surface area contributed by atoms with E-state index in [2.05, 4.69) is 10.6 Å². The fourth-order valence-electron chi connectivity index (χ4n) is 1.27. The maximum Gasteiger partial charge on any atom is 0.309 e. The van der Waals surface area contributed by atoms with Crippen molar-refractivity contribution in [3.05, 3.63) is 35.6 Å². The van der Waals surface area contributed by atoms with Crippen molar-refractivity contribution in [2.75, 3.05) is 6.61 Å². The Bertz CT molecular complexity index is 457. The number of amides is 2. The van der Waals surface area contributed by atoms with Crippen LogP contribution in [0, 0.1) is 5.82 Å². The van der Waals surface area contributed by atoms with Crippen LogP contribution in [0.5, 0.6) is 0 Å². The van der Waals surface area contributed by atoms with Crippen molar-refractivity contribution in [2.45, 2.75) is 25.9 Å². The van der Waals surface area contributed by atoms with E-state index >= 15 is 0 Å². The first kappa shape index (κ1) is 15.1. The lowest BCUT2D eigenvalue weighted by Crippen LogP contribution is -2.51. The number of rotatable bonds is 4. The van der Waals surface area contributed by atoms with Gasteiger partial charge in [0.25, 0.3) is 0 Å². The summed E-state index contributed by atoms with van der Waals surface area (Å²) in [7, 11) is 0. The number of carbonyl (C=O) groups excluding carboxylic acids is 2. The van der Waals surface area contributed by atoms with Gasteiger partial charge in [0.1, 0.15) is 5.82 Å². The zero-order valence-corrected chi connectivity index (χ0v) is 10.9. The minimum Gasteiger partial charge on any atom is -0.394 e. The molecule has 19 heavy (non-hydrogen) atoms. The molecule has 1 aromatic rings. The van der Waals surface area contributed by atoms with Gasteiger partial charge in [0.2, 0.25) is 0 Å². The summed E-state index contributed by atoms with van der Waals surface area (Å²) in [6, 6.07) is 5.59. The predicted octanol–water partition coefficient (Wildman–Crippen LogP) is 0.329. The van der Waals surface area contributed by atoms with Crippen molar-refractivity contribution < 1.29 is 19.1 Å². The van der Waals surface area contributed by atoms with Crippen molar-refractivity contribution in [1.29, 1.82) is 0 Å². The van der Waals surface area contributed by atoms with Crippen LogP contribution in [0.2, 0.25) is 0 Å². The topological polar surface area (TPSA) is 78.4 Å². The third-order valence-electron chi connectivity index (χ3n) is 2.42. The van der Waals surface area contributed by atoms with Crippen LogP contribution in [0.4, 0.5) is 4.39 Å². The Morgan fingerprint density at radius 2 is 1.79 bits per heavy atom. The van der Waals surface area contributed by atoms with Crippen molar-refractivity contribution in [3.63, 3.8) is 0 Å². The monoisotopic (exact) mass is 268 g/mol. The normalized spacial score (nSPS) is 10.9. The van der Waals surface area contributed by atoms with E-state index in [0.717, 1.165) is 0 Å². The van der Waals surface area contributed by atoms with Gasteiger partial charge in [-0.05, 0) is 31.5 Å². The quantitative estimate of drug-likeness (QED) is 0.689. The van der Waals surface area contributed by atoms with Crippen molar-refractivity contribution >= 4 is 11.8 Å². The van der Waals surface area contributed by atoms with Gasteiger partial charge in [-0.1, -0.05) is 12.1 Å². The first-order valence-electron chi connectivity index (χ1n) is 5.80. The smallest absolute Gasteiger partial charge is 0.309 e. The number of aliphatic hydroxyl groups excluding tert-OH is 1. The molecule has 0 aliphatic heterocycles. The lowest BCUT2D eigenvalue weighted by molar-refractivity contribution is -0.140. The molecule has 6 heteroatoms. The highest BCUT2D eigenvalue weighted by Gasteiger charge is 2.23. The molecule has 0 heterocycles. The molecule has 1 aromatic carbocycles. The molecule has 0 atom stereocenters. The van der Waals surface area contributed by atoms with Crippen LogP contribution in [0.25, 0.3) is 0 Å². The second-order valence-corrected chi connectivity index (χ2v) is 4.81. The molecule has 0 saturated heterocycles. The molecule has 3 N–H and O–H groups in total. The average molecular weight is 268 g/mol. The summed E-state index contributed by atoms with van der Waals surface area (Å²) in [4.78, 5) is 23.0. The van der Waals surface area contributed by atoms with Gasteiger partial charge < -0.3 is 15.7 Å². The van der Waals surface area contributed by atoms with Crippen LogP contribution in [0.1, 0.15) is 19.4 Å². The van der Waals surface area contributed by atoms with E-state index < -0.39 is 17.4 Å². The Hall–Kier alpha value is -1.95. The zero-order chi connectivity index (χ0) is 14.5. The van der Waals surface area contributed by atoms with Gasteiger partial charge in [-0.2, -0.15) is 0 Å². The highest BCUT2D eigenvalue weighted by Crippen LogP contribution is 2.02. The molecule has 0 unspecified atom stereocenters. The molecule has 0 radical (unpaired) electrons. The van der Waals surface area contributed by atoms with Gasteiger partial charge in [0.05, 0.1) is 12.1 Å². The molecule has 0 aromatic heterocycles.